The molecule has 0 saturated carbocycles. The standard InChI is InChI=1S/C18H21FN4O3S/c1-12-6-7-15(13(11-12)16-17(19)21-9-8-20-16)27(25,26)23-10-4-5-14(23)18(24)22(2)3/h6-9,11,14H,4-5,10H2,1-3H3/t14-/m0/s1. The molecule has 7 nitrogen and oxygen atoms in total. The summed E-state index contributed by atoms with van der Waals surface area (Å²) in [6.07, 6.45) is 3.56. The Hall–Kier alpha value is -2.39. The van der Waals surface area contributed by atoms with Crippen LogP contribution in [0.25, 0.3) is 11.3 Å². The predicted molar refractivity (Wildman–Crippen MR) is 97.8 cm³/mol. The van der Waals surface area contributed by atoms with E-state index in [0.29, 0.717) is 12.8 Å². The number of hydrogen-bond donors (Lipinski definition) is 0. The van der Waals surface area contributed by atoms with E-state index in [0.717, 1.165) is 5.56 Å². The first-order chi connectivity index (χ1) is 12.7. The molecule has 27 heavy (non-hydrogen) atoms. The third-order valence-corrected chi connectivity index (χ3v) is 6.53. The van der Waals surface area contributed by atoms with E-state index >= 15 is 0 Å². The van der Waals surface area contributed by atoms with Crippen LogP contribution in [0.15, 0.2) is 35.5 Å². The van der Waals surface area contributed by atoms with Crippen molar-refractivity contribution in [2.45, 2.75) is 30.7 Å². The molecule has 1 fully saturated rings. The Morgan fingerprint density at radius 2 is 1.96 bits per heavy atom. The molecule has 2 heterocycles. The van der Waals surface area contributed by atoms with Crippen molar-refractivity contribution >= 4 is 15.9 Å². The zero-order valence-electron chi connectivity index (χ0n) is 15.4. The van der Waals surface area contributed by atoms with Gasteiger partial charge in [0.1, 0.15) is 11.7 Å². The molecular formula is C18H21FN4O3S. The van der Waals surface area contributed by atoms with Gasteiger partial charge in [-0.05, 0) is 31.9 Å². The molecule has 0 unspecified atom stereocenters. The van der Waals surface area contributed by atoms with E-state index in [-0.39, 0.29) is 28.6 Å². The number of amides is 1. The minimum Gasteiger partial charge on any atom is -0.347 e. The maximum atomic E-state index is 14.2. The fourth-order valence-electron chi connectivity index (χ4n) is 3.25. The van der Waals surface area contributed by atoms with Crippen molar-refractivity contribution < 1.29 is 17.6 Å². The van der Waals surface area contributed by atoms with Crippen LogP contribution >= 0.6 is 0 Å². The lowest BCUT2D eigenvalue weighted by molar-refractivity contribution is -0.132. The molecule has 0 N–H and O–H groups in total. The van der Waals surface area contributed by atoms with Crippen LogP contribution in [0.5, 0.6) is 0 Å². The average molecular weight is 392 g/mol. The van der Waals surface area contributed by atoms with Gasteiger partial charge in [0.05, 0.1) is 4.90 Å². The Morgan fingerprint density at radius 3 is 2.63 bits per heavy atom. The van der Waals surface area contributed by atoms with Crippen LogP contribution in [0, 0.1) is 12.9 Å². The summed E-state index contributed by atoms with van der Waals surface area (Å²) in [6, 6.07) is 3.89. The summed E-state index contributed by atoms with van der Waals surface area (Å²) in [5.74, 6) is -1.11. The highest BCUT2D eigenvalue weighted by Crippen LogP contribution is 2.33. The van der Waals surface area contributed by atoms with Gasteiger partial charge in [-0.2, -0.15) is 8.70 Å². The van der Waals surface area contributed by atoms with Crippen molar-refractivity contribution in [1.29, 1.82) is 0 Å². The van der Waals surface area contributed by atoms with Gasteiger partial charge in [0, 0.05) is 38.6 Å². The molecule has 1 aliphatic rings. The number of sulfonamides is 1. The summed E-state index contributed by atoms with van der Waals surface area (Å²) >= 11 is 0. The lowest BCUT2D eigenvalue weighted by atomic mass is 10.1. The number of hydrogen-bond acceptors (Lipinski definition) is 5. The Kier molecular flexibility index (Phi) is 5.25. The van der Waals surface area contributed by atoms with Gasteiger partial charge in [-0.3, -0.25) is 4.79 Å². The van der Waals surface area contributed by atoms with Gasteiger partial charge in [0.2, 0.25) is 21.9 Å². The van der Waals surface area contributed by atoms with E-state index < -0.39 is 22.0 Å². The first-order valence-electron chi connectivity index (χ1n) is 8.54. The minimum absolute atomic E-state index is 0.0778. The van der Waals surface area contributed by atoms with Crippen molar-refractivity contribution in [3.63, 3.8) is 0 Å². The quantitative estimate of drug-likeness (QED) is 0.793. The average Bonchev–Trinajstić information content (AvgIpc) is 3.11. The van der Waals surface area contributed by atoms with E-state index in [1.807, 2.05) is 0 Å². The Labute approximate surface area is 157 Å². The fourth-order valence-corrected chi connectivity index (χ4v) is 5.08. The molecule has 1 aromatic carbocycles. The number of likely N-dealkylation sites (N-methyl/N-ethyl adjacent to an activating group) is 1. The zero-order valence-corrected chi connectivity index (χ0v) is 16.2. The molecule has 1 amide bonds. The van der Waals surface area contributed by atoms with Gasteiger partial charge in [0.15, 0.2) is 0 Å². The monoisotopic (exact) mass is 392 g/mol. The first-order valence-corrected chi connectivity index (χ1v) is 9.98. The van der Waals surface area contributed by atoms with E-state index in [9.17, 15) is 17.6 Å². The second kappa shape index (κ2) is 7.32. The molecule has 0 aliphatic carbocycles. The van der Waals surface area contributed by atoms with Crippen LogP contribution in [0.1, 0.15) is 18.4 Å². The van der Waals surface area contributed by atoms with E-state index in [4.69, 9.17) is 0 Å². The molecule has 144 valence electrons. The van der Waals surface area contributed by atoms with Gasteiger partial charge in [-0.15, -0.1) is 0 Å². The number of carbonyl (C=O) groups is 1. The van der Waals surface area contributed by atoms with E-state index in [1.165, 1.54) is 27.7 Å². The van der Waals surface area contributed by atoms with Crippen LogP contribution in [0.3, 0.4) is 0 Å². The summed E-state index contributed by atoms with van der Waals surface area (Å²) in [4.78, 5) is 21.3. The van der Waals surface area contributed by atoms with Crippen LogP contribution in [0.2, 0.25) is 0 Å². The van der Waals surface area contributed by atoms with E-state index in [2.05, 4.69) is 9.97 Å². The molecule has 1 aliphatic heterocycles. The second-order valence-corrected chi connectivity index (χ2v) is 8.56. The van der Waals surface area contributed by atoms with Crippen LogP contribution in [-0.4, -0.2) is 60.2 Å². The molecular weight excluding hydrogens is 371 g/mol. The molecule has 0 radical (unpaired) electrons. The second-order valence-electron chi connectivity index (χ2n) is 6.70. The predicted octanol–water partition coefficient (Wildman–Crippen LogP) is 1.83. The summed E-state index contributed by atoms with van der Waals surface area (Å²) in [5.41, 5.74) is 0.773. The fraction of sp³-hybridized carbons (Fsp3) is 0.389. The van der Waals surface area contributed by atoms with Crippen LogP contribution in [0.4, 0.5) is 4.39 Å². The maximum absolute atomic E-state index is 14.2. The van der Waals surface area contributed by atoms with Crippen molar-refractivity contribution in [2.24, 2.45) is 0 Å². The molecule has 3 rings (SSSR count). The number of carbonyl (C=O) groups excluding carboxylic acids is 1. The highest BCUT2D eigenvalue weighted by Gasteiger charge is 2.41. The zero-order chi connectivity index (χ0) is 19.8. The smallest absolute Gasteiger partial charge is 0.244 e. The molecule has 2 aromatic rings. The molecule has 9 heteroatoms. The molecule has 0 bridgehead atoms. The third kappa shape index (κ3) is 3.57. The number of halogens is 1. The first kappa shape index (κ1) is 19.4. The van der Waals surface area contributed by atoms with Crippen LogP contribution < -0.4 is 0 Å². The van der Waals surface area contributed by atoms with Crippen LogP contribution in [-0.2, 0) is 14.8 Å². The lowest BCUT2D eigenvalue weighted by Gasteiger charge is -2.26. The Balaban J connectivity index is 2.13. The molecule has 1 aromatic heterocycles. The normalized spacial score (nSPS) is 17.9. The summed E-state index contributed by atoms with van der Waals surface area (Å²) in [6.45, 7) is 2.02. The lowest BCUT2D eigenvalue weighted by Crippen LogP contribution is -2.45. The van der Waals surface area contributed by atoms with Gasteiger partial charge in [-0.25, -0.2) is 18.4 Å². The minimum atomic E-state index is -4.03. The highest BCUT2D eigenvalue weighted by atomic mass is 32.2. The van der Waals surface area contributed by atoms with Crippen molar-refractivity contribution in [3.8, 4) is 11.3 Å². The SMILES string of the molecule is Cc1ccc(S(=O)(=O)N2CCC[C@H]2C(=O)N(C)C)c(-c2nccnc2F)c1. The number of aryl methyl sites for hydroxylation is 1. The molecule has 1 saturated heterocycles. The maximum Gasteiger partial charge on any atom is 0.244 e. The van der Waals surface area contributed by atoms with Crippen molar-refractivity contribution in [3.05, 3.63) is 42.1 Å². The number of benzene rings is 1. The van der Waals surface area contributed by atoms with Gasteiger partial charge in [-0.1, -0.05) is 11.6 Å². The van der Waals surface area contributed by atoms with Gasteiger partial charge >= 0.3 is 0 Å². The molecule has 1 atom stereocenters. The molecule has 0 spiro atoms. The summed E-state index contributed by atoms with van der Waals surface area (Å²) in [7, 11) is -0.837. The van der Waals surface area contributed by atoms with Crippen molar-refractivity contribution in [1.82, 2.24) is 19.2 Å². The van der Waals surface area contributed by atoms with Crippen molar-refractivity contribution in [2.75, 3.05) is 20.6 Å². The Morgan fingerprint density at radius 1 is 1.26 bits per heavy atom. The largest absolute Gasteiger partial charge is 0.347 e. The Bertz CT molecular complexity index is 978. The summed E-state index contributed by atoms with van der Waals surface area (Å²) < 4.78 is 42.2. The topological polar surface area (TPSA) is 83.5 Å². The number of rotatable bonds is 4. The number of nitrogens with zero attached hydrogens (tertiary/aromatic N) is 4. The van der Waals surface area contributed by atoms with Gasteiger partial charge < -0.3 is 4.90 Å². The number of aromatic nitrogens is 2. The third-order valence-electron chi connectivity index (χ3n) is 4.56. The highest BCUT2D eigenvalue weighted by molar-refractivity contribution is 7.89. The van der Waals surface area contributed by atoms with E-state index in [1.54, 1.807) is 33.2 Å². The van der Waals surface area contributed by atoms with Gasteiger partial charge in [0.25, 0.3) is 0 Å². The summed E-state index contributed by atoms with van der Waals surface area (Å²) in [5, 5.41) is 0.